The van der Waals surface area contributed by atoms with Gasteiger partial charge in [-0.05, 0) is 55.1 Å². The van der Waals surface area contributed by atoms with Crippen LogP contribution in [0.25, 0.3) is 87.6 Å². The molecule has 6 nitrogen and oxygen atoms in total. The number of hydrogen-bond donors (Lipinski definition) is 5. The van der Waals surface area contributed by atoms with Crippen LogP contribution in [0.5, 0.6) is 28.7 Å². The van der Waals surface area contributed by atoms with Crippen molar-refractivity contribution in [2.45, 2.75) is 0 Å². The molecule has 0 amide bonds. The van der Waals surface area contributed by atoms with E-state index in [9.17, 15) is 25.5 Å². The van der Waals surface area contributed by atoms with Crippen molar-refractivity contribution in [3.8, 4) is 62.1 Å². The summed E-state index contributed by atoms with van der Waals surface area (Å²) in [5, 5.41) is 60.3. The molecule has 0 bridgehead atoms. The number of para-hydroxylation sites is 1. The SMILES string of the molecule is Oc1c(O)c(O)c(-c2c3ccccc3c(-c3ccc(-c4cccc5c4oc4ccc6ccccc6c45)cc3)c3ccccc23)c(O)c1O. The van der Waals surface area contributed by atoms with E-state index in [0.29, 0.717) is 16.3 Å². The minimum atomic E-state index is -0.995. The first kappa shape index (κ1) is 27.6. The van der Waals surface area contributed by atoms with Crippen molar-refractivity contribution in [2.24, 2.45) is 0 Å². The molecule has 0 aliphatic heterocycles. The highest BCUT2D eigenvalue weighted by molar-refractivity contribution is 6.23. The highest BCUT2D eigenvalue weighted by Crippen LogP contribution is 2.57. The molecule has 9 aromatic rings. The second-order valence-electron chi connectivity index (χ2n) is 12.0. The molecule has 230 valence electrons. The number of benzene rings is 8. The summed E-state index contributed by atoms with van der Waals surface area (Å²) < 4.78 is 6.48. The monoisotopic (exact) mass is 626 g/mol. The predicted octanol–water partition coefficient (Wildman–Crippen LogP) is 10.6. The highest BCUT2D eigenvalue weighted by atomic mass is 16.4. The van der Waals surface area contributed by atoms with Gasteiger partial charge in [-0.15, -0.1) is 0 Å². The molecule has 9 rings (SSSR count). The molecule has 8 aromatic carbocycles. The van der Waals surface area contributed by atoms with Crippen molar-refractivity contribution >= 4 is 54.3 Å². The number of aromatic hydroxyl groups is 5. The normalized spacial score (nSPS) is 11.8. The number of hydrogen-bond acceptors (Lipinski definition) is 6. The van der Waals surface area contributed by atoms with E-state index in [2.05, 4.69) is 60.7 Å². The van der Waals surface area contributed by atoms with Crippen LogP contribution in [0.1, 0.15) is 0 Å². The fourth-order valence-electron chi connectivity index (χ4n) is 7.24. The molecule has 0 saturated heterocycles. The van der Waals surface area contributed by atoms with Crippen LogP contribution < -0.4 is 0 Å². The lowest BCUT2D eigenvalue weighted by Crippen LogP contribution is -1.92. The second kappa shape index (κ2) is 10.2. The molecule has 5 N–H and O–H groups in total. The van der Waals surface area contributed by atoms with Gasteiger partial charge in [0.25, 0.3) is 0 Å². The summed E-state index contributed by atoms with van der Waals surface area (Å²) in [4.78, 5) is 0. The number of rotatable bonds is 3. The van der Waals surface area contributed by atoms with Crippen LogP contribution in [-0.4, -0.2) is 25.5 Å². The average Bonchev–Trinajstić information content (AvgIpc) is 3.53. The first-order chi connectivity index (χ1) is 23.4. The van der Waals surface area contributed by atoms with E-state index < -0.39 is 28.7 Å². The van der Waals surface area contributed by atoms with Gasteiger partial charge in [-0.1, -0.05) is 121 Å². The summed E-state index contributed by atoms with van der Waals surface area (Å²) in [6.45, 7) is 0. The molecule has 0 aliphatic carbocycles. The number of phenolic OH excluding ortho intramolecular Hbond substituents is 5. The average molecular weight is 627 g/mol. The van der Waals surface area contributed by atoms with Crippen LogP contribution in [0, 0.1) is 0 Å². The Morgan fingerprint density at radius 1 is 0.354 bits per heavy atom. The van der Waals surface area contributed by atoms with E-state index >= 15 is 0 Å². The van der Waals surface area contributed by atoms with Gasteiger partial charge < -0.3 is 29.9 Å². The fourth-order valence-corrected chi connectivity index (χ4v) is 7.24. The first-order valence-electron chi connectivity index (χ1n) is 15.5. The second-order valence-corrected chi connectivity index (χ2v) is 12.0. The van der Waals surface area contributed by atoms with E-state index in [4.69, 9.17) is 4.42 Å². The predicted molar refractivity (Wildman–Crippen MR) is 191 cm³/mol. The maximum absolute atomic E-state index is 11.0. The zero-order valence-corrected chi connectivity index (χ0v) is 25.3. The maximum Gasteiger partial charge on any atom is 0.208 e. The minimum absolute atomic E-state index is 0.177. The molecule has 0 saturated carbocycles. The Morgan fingerprint density at radius 3 is 1.48 bits per heavy atom. The number of furan rings is 1. The molecule has 1 heterocycles. The van der Waals surface area contributed by atoms with Gasteiger partial charge in [-0.2, -0.15) is 0 Å². The van der Waals surface area contributed by atoms with Crippen LogP contribution in [-0.2, 0) is 0 Å². The van der Waals surface area contributed by atoms with Gasteiger partial charge in [0.2, 0.25) is 17.2 Å². The Bertz CT molecular complexity index is 2690. The third-order valence-corrected chi connectivity index (χ3v) is 9.42. The van der Waals surface area contributed by atoms with Crippen molar-refractivity contribution in [1.29, 1.82) is 0 Å². The molecule has 0 fully saturated rings. The third-order valence-electron chi connectivity index (χ3n) is 9.42. The van der Waals surface area contributed by atoms with Crippen molar-refractivity contribution in [3.05, 3.63) is 127 Å². The molecular formula is C42H26O6. The van der Waals surface area contributed by atoms with Crippen LogP contribution >= 0.6 is 0 Å². The van der Waals surface area contributed by atoms with Gasteiger partial charge >= 0.3 is 0 Å². The Morgan fingerprint density at radius 2 is 0.854 bits per heavy atom. The summed E-state index contributed by atoms with van der Waals surface area (Å²) in [5.41, 5.74) is 5.79. The minimum Gasteiger partial charge on any atom is -0.504 e. The topological polar surface area (TPSA) is 114 Å². The zero-order valence-electron chi connectivity index (χ0n) is 25.3. The van der Waals surface area contributed by atoms with E-state index in [0.717, 1.165) is 65.7 Å². The molecule has 0 radical (unpaired) electrons. The van der Waals surface area contributed by atoms with E-state index in [1.54, 1.807) is 0 Å². The molecule has 1 aromatic heterocycles. The van der Waals surface area contributed by atoms with Gasteiger partial charge in [0.05, 0.1) is 5.56 Å². The Labute approximate surface area is 273 Å². The summed E-state index contributed by atoms with van der Waals surface area (Å²) in [5.74, 6) is -4.29. The quantitative estimate of drug-likeness (QED) is 0.0757. The lowest BCUT2D eigenvalue weighted by atomic mass is 9.85. The lowest BCUT2D eigenvalue weighted by Gasteiger charge is -2.20. The van der Waals surface area contributed by atoms with Crippen molar-refractivity contribution in [3.63, 3.8) is 0 Å². The summed E-state index contributed by atoms with van der Waals surface area (Å²) in [6.07, 6.45) is 0. The van der Waals surface area contributed by atoms with Gasteiger partial charge in [-0.25, -0.2) is 0 Å². The third kappa shape index (κ3) is 3.80. The number of phenols is 5. The van der Waals surface area contributed by atoms with E-state index in [-0.39, 0.29) is 5.56 Å². The molecule has 0 atom stereocenters. The van der Waals surface area contributed by atoms with Crippen LogP contribution in [0.2, 0.25) is 0 Å². The molecule has 48 heavy (non-hydrogen) atoms. The number of fused-ring (bicyclic) bond motifs is 7. The lowest BCUT2D eigenvalue weighted by molar-refractivity contribution is 0.330. The van der Waals surface area contributed by atoms with Crippen molar-refractivity contribution in [2.75, 3.05) is 0 Å². The Balaban J connectivity index is 1.26. The van der Waals surface area contributed by atoms with E-state index in [1.807, 2.05) is 66.7 Å². The largest absolute Gasteiger partial charge is 0.504 e. The summed E-state index contributed by atoms with van der Waals surface area (Å²) in [6, 6.07) is 42.2. The van der Waals surface area contributed by atoms with Gasteiger partial charge in [0, 0.05) is 21.9 Å². The fraction of sp³-hybridized carbons (Fsp3) is 0. The van der Waals surface area contributed by atoms with Crippen molar-refractivity contribution in [1.82, 2.24) is 0 Å². The smallest absolute Gasteiger partial charge is 0.208 e. The van der Waals surface area contributed by atoms with Gasteiger partial charge in [-0.3, -0.25) is 0 Å². The molecule has 6 heteroatoms. The van der Waals surface area contributed by atoms with Gasteiger partial charge in [0.1, 0.15) is 11.2 Å². The standard InChI is InChI=1S/C42H26O6/c43-37-36(38(44)40(46)41(47)39(37)45)35-29-12-5-3-10-27(29)33(28-11-4-6-13-30(28)35)24-18-16-23(17-19-24)26-14-7-15-31-34-25-9-2-1-8-22(25)20-21-32(34)48-42(26)31/h1-21,43-47H. The zero-order chi connectivity index (χ0) is 32.7. The summed E-state index contributed by atoms with van der Waals surface area (Å²) >= 11 is 0. The molecular weight excluding hydrogens is 600 g/mol. The summed E-state index contributed by atoms with van der Waals surface area (Å²) in [7, 11) is 0. The van der Waals surface area contributed by atoms with Crippen LogP contribution in [0.4, 0.5) is 0 Å². The highest BCUT2D eigenvalue weighted by Gasteiger charge is 2.28. The Kier molecular flexibility index (Phi) is 5.86. The van der Waals surface area contributed by atoms with Crippen molar-refractivity contribution < 1.29 is 29.9 Å². The molecule has 0 spiro atoms. The maximum atomic E-state index is 11.0. The van der Waals surface area contributed by atoms with Crippen LogP contribution in [0.3, 0.4) is 0 Å². The first-order valence-corrected chi connectivity index (χ1v) is 15.5. The van der Waals surface area contributed by atoms with Crippen LogP contribution in [0.15, 0.2) is 132 Å². The van der Waals surface area contributed by atoms with Gasteiger partial charge in [0.15, 0.2) is 11.5 Å². The van der Waals surface area contributed by atoms with E-state index in [1.165, 1.54) is 0 Å². The Hall–Kier alpha value is -6.66. The molecule has 0 unspecified atom stereocenters. The molecule has 0 aliphatic rings.